The normalized spacial score (nSPS) is 11.2. The molecule has 21 heavy (non-hydrogen) atoms. The van der Waals surface area contributed by atoms with Gasteiger partial charge in [0.25, 0.3) is 5.91 Å². The van der Waals surface area contributed by atoms with E-state index in [9.17, 15) is 4.79 Å². The van der Waals surface area contributed by atoms with Crippen LogP contribution in [0.1, 0.15) is 23.5 Å². The maximum atomic E-state index is 12.7. The lowest BCUT2D eigenvalue weighted by molar-refractivity contribution is 0.0678. The number of hydrogen-bond acceptors (Lipinski definition) is 5. The molecule has 6 heteroatoms. The third-order valence-corrected chi connectivity index (χ3v) is 4.26. The number of hydrogen-bond donors (Lipinski definition) is 1. The van der Waals surface area contributed by atoms with E-state index in [4.69, 9.17) is 10.5 Å². The van der Waals surface area contributed by atoms with Gasteiger partial charge >= 0.3 is 0 Å². The first-order chi connectivity index (χ1) is 10.0. The van der Waals surface area contributed by atoms with Crippen LogP contribution < -0.4 is 5.73 Å². The molecule has 0 aromatic carbocycles. The highest BCUT2D eigenvalue weighted by Crippen LogP contribution is 2.32. The molecule has 0 atom stereocenters. The van der Waals surface area contributed by atoms with Crippen molar-refractivity contribution in [1.82, 2.24) is 9.88 Å². The summed E-state index contributed by atoms with van der Waals surface area (Å²) in [4.78, 5) is 19.4. The first-order valence-electron chi connectivity index (χ1n) is 6.95. The molecule has 0 aliphatic heterocycles. The molecule has 0 aliphatic carbocycles. The van der Waals surface area contributed by atoms with Crippen LogP contribution in [0, 0.1) is 5.92 Å². The minimum atomic E-state index is -0.0405. The van der Waals surface area contributed by atoms with Gasteiger partial charge in [0.2, 0.25) is 0 Å². The summed E-state index contributed by atoms with van der Waals surface area (Å²) in [5, 5.41) is 0. The van der Waals surface area contributed by atoms with Crippen LogP contribution in [0.3, 0.4) is 0 Å². The van der Waals surface area contributed by atoms with Crippen molar-refractivity contribution in [1.29, 1.82) is 0 Å². The molecule has 0 saturated heterocycles. The Morgan fingerprint density at radius 1 is 1.52 bits per heavy atom. The van der Waals surface area contributed by atoms with Crippen molar-refractivity contribution in [3.05, 3.63) is 23.2 Å². The Morgan fingerprint density at radius 3 is 2.90 bits per heavy atom. The first-order valence-corrected chi connectivity index (χ1v) is 7.77. The number of aromatic nitrogens is 1. The molecule has 114 valence electrons. The van der Waals surface area contributed by atoms with Crippen molar-refractivity contribution in [3.8, 4) is 0 Å². The van der Waals surface area contributed by atoms with E-state index in [-0.39, 0.29) is 5.91 Å². The van der Waals surface area contributed by atoms with Gasteiger partial charge < -0.3 is 15.4 Å². The molecule has 2 aromatic heterocycles. The number of rotatable bonds is 6. The van der Waals surface area contributed by atoms with Gasteiger partial charge in [-0.05, 0) is 18.1 Å². The number of carbonyl (C=O) groups is 1. The average Bonchev–Trinajstić information content (AvgIpc) is 2.80. The third-order valence-electron chi connectivity index (χ3n) is 3.11. The number of carbonyl (C=O) groups excluding carboxylic acids is 1. The molecule has 2 rings (SSSR count). The summed E-state index contributed by atoms with van der Waals surface area (Å²) >= 11 is 1.40. The van der Waals surface area contributed by atoms with Gasteiger partial charge in [0, 0.05) is 26.4 Å². The Labute approximate surface area is 128 Å². The summed E-state index contributed by atoms with van der Waals surface area (Å²) in [6.45, 7) is 5.94. The third kappa shape index (κ3) is 3.51. The van der Waals surface area contributed by atoms with E-state index in [0.717, 1.165) is 4.70 Å². The molecule has 0 fully saturated rings. The topological polar surface area (TPSA) is 68.5 Å². The number of nitrogens with zero attached hydrogens (tertiary/aromatic N) is 2. The van der Waals surface area contributed by atoms with Crippen molar-refractivity contribution in [2.45, 2.75) is 13.8 Å². The fourth-order valence-electron chi connectivity index (χ4n) is 2.17. The number of fused-ring (bicyclic) bond motifs is 1. The second-order valence-electron chi connectivity index (χ2n) is 5.33. The molecule has 5 nitrogen and oxygen atoms in total. The second-order valence-corrected chi connectivity index (χ2v) is 6.39. The molecule has 1 amide bonds. The molecule has 0 unspecified atom stereocenters. The average molecular weight is 307 g/mol. The predicted octanol–water partition coefficient (Wildman–Crippen LogP) is 2.62. The summed E-state index contributed by atoms with van der Waals surface area (Å²) in [6, 6.07) is 3.78. The number of anilines is 1. The quantitative estimate of drug-likeness (QED) is 0.890. The van der Waals surface area contributed by atoms with Gasteiger partial charge in [-0.15, -0.1) is 11.3 Å². The van der Waals surface area contributed by atoms with Gasteiger partial charge in [0.1, 0.15) is 10.4 Å². The standard InChI is InChI=1S/C15H21N3O2S/c1-10(2)9-18(7-8-20-3)15(19)14-12(16)13-11(21-14)5-4-6-17-13/h4-6,10H,7-9,16H2,1-3H3. The maximum absolute atomic E-state index is 12.7. The van der Waals surface area contributed by atoms with Crippen LogP contribution in [0.25, 0.3) is 10.2 Å². The minimum Gasteiger partial charge on any atom is -0.396 e. The largest absolute Gasteiger partial charge is 0.396 e. The Balaban J connectivity index is 2.31. The van der Waals surface area contributed by atoms with E-state index in [1.807, 2.05) is 12.1 Å². The number of ether oxygens (including phenoxy) is 1. The number of nitrogens with two attached hydrogens (primary N) is 1. The van der Waals surface area contributed by atoms with E-state index in [0.29, 0.717) is 41.7 Å². The molecule has 2 heterocycles. The molecular weight excluding hydrogens is 286 g/mol. The zero-order chi connectivity index (χ0) is 15.4. The van der Waals surface area contributed by atoms with Crippen molar-refractivity contribution >= 4 is 33.1 Å². The summed E-state index contributed by atoms with van der Waals surface area (Å²) in [6.07, 6.45) is 1.69. The summed E-state index contributed by atoms with van der Waals surface area (Å²) in [5.74, 6) is 0.348. The summed E-state index contributed by atoms with van der Waals surface area (Å²) < 4.78 is 6.03. The van der Waals surface area contributed by atoms with Crippen LogP contribution >= 0.6 is 11.3 Å². The number of amides is 1. The van der Waals surface area contributed by atoms with Gasteiger partial charge in [-0.3, -0.25) is 9.78 Å². The van der Waals surface area contributed by atoms with Crippen LogP contribution in [-0.2, 0) is 4.74 Å². The minimum absolute atomic E-state index is 0.0405. The lowest BCUT2D eigenvalue weighted by Gasteiger charge is -2.24. The summed E-state index contributed by atoms with van der Waals surface area (Å²) in [5.41, 5.74) is 7.30. The van der Waals surface area contributed by atoms with Crippen LogP contribution in [0.5, 0.6) is 0 Å². The second kappa shape index (κ2) is 6.87. The Hall–Kier alpha value is -1.66. The van der Waals surface area contributed by atoms with Gasteiger partial charge in [0.15, 0.2) is 0 Å². The van der Waals surface area contributed by atoms with Crippen LogP contribution in [0.2, 0.25) is 0 Å². The lowest BCUT2D eigenvalue weighted by Crippen LogP contribution is -2.36. The summed E-state index contributed by atoms with van der Waals surface area (Å²) in [7, 11) is 1.63. The van der Waals surface area contributed by atoms with E-state index in [2.05, 4.69) is 18.8 Å². The molecular formula is C15H21N3O2S. The predicted molar refractivity (Wildman–Crippen MR) is 86.6 cm³/mol. The number of nitrogen functional groups attached to an aromatic ring is 1. The molecule has 2 aromatic rings. The molecule has 2 N–H and O–H groups in total. The van der Waals surface area contributed by atoms with Gasteiger partial charge in [-0.2, -0.15) is 0 Å². The number of thiophene rings is 1. The zero-order valence-electron chi connectivity index (χ0n) is 12.6. The molecule has 0 radical (unpaired) electrons. The van der Waals surface area contributed by atoms with Gasteiger partial charge in [-0.25, -0.2) is 0 Å². The smallest absolute Gasteiger partial charge is 0.266 e. The van der Waals surface area contributed by atoms with Crippen LogP contribution in [-0.4, -0.2) is 42.6 Å². The Morgan fingerprint density at radius 2 is 2.29 bits per heavy atom. The van der Waals surface area contributed by atoms with Gasteiger partial charge in [-0.1, -0.05) is 13.8 Å². The highest BCUT2D eigenvalue weighted by atomic mass is 32.1. The maximum Gasteiger partial charge on any atom is 0.266 e. The Bertz CT molecular complexity index is 624. The molecule has 0 saturated carbocycles. The van der Waals surface area contributed by atoms with E-state index in [1.54, 1.807) is 18.2 Å². The van der Waals surface area contributed by atoms with E-state index < -0.39 is 0 Å². The fraction of sp³-hybridized carbons (Fsp3) is 0.467. The highest BCUT2D eigenvalue weighted by molar-refractivity contribution is 7.21. The number of methoxy groups -OCH3 is 1. The molecule has 0 bridgehead atoms. The Kier molecular flexibility index (Phi) is 5.14. The first kappa shape index (κ1) is 15.7. The van der Waals surface area contributed by atoms with Crippen molar-refractivity contribution in [2.24, 2.45) is 5.92 Å². The van der Waals surface area contributed by atoms with E-state index >= 15 is 0 Å². The number of pyridine rings is 1. The zero-order valence-corrected chi connectivity index (χ0v) is 13.4. The molecule has 0 spiro atoms. The van der Waals surface area contributed by atoms with Crippen LogP contribution in [0.4, 0.5) is 5.69 Å². The lowest BCUT2D eigenvalue weighted by atomic mass is 10.2. The van der Waals surface area contributed by atoms with Crippen LogP contribution in [0.15, 0.2) is 18.3 Å². The monoisotopic (exact) mass is 307 g/mol. The molecule has 0 aliphatic rings. The highest BCUT2D eigenvalue weighted by Gasteiger charge is 2.23. The van der Waals surface area contributed by atoms with E-state index in [1.165, 1.54) is 11.3 Å². The van der Waals surface area contributed by atoms with Crippen molar-refractivity contribution in [3.63, 3.8) is 0 Å². The SMILES string of the molecule is COCCN(CC(C)C)C(=O)c1sc2cccnc2c1N. The van der Waals surface area contributed by atoms with Gasteiger partial charge in [0.05, 0.1) is 17.0 Å². The van der Waals surface area contributed by atoms with Crippen molar-refractivity contribution < 1.29 is 9.53 Å². The fourth-order valence-corrected chi connectivity index (χ4v) is 3.22. The van der Waals surface area contributed by atoms with Crippen molar-refractivity contribution in [2.75, 3.05) is 32.5 Å².